The van der Waals surface area contributed by atoms with Gasteiger partial charge in [0.05, 0.1) is 16.4 Å². The van der Waals surface area contributed by atoms with Crippen LogP contribution in [0.1, 0.15) is 16.7 Å². The lowest BCUT2D eigenvalue weighted by Gasteiger charge is -2.12. The number of halogens is 2. The third-order valence-electron chi connectivity index (χ3n) is 2.90. The molecule has 0 saturated carbocycles. The van der Waals surface area contributed by atoms with Crippen molar-refractivity contribution >= 4 is 33.2 Å². The minimum absolute atomic E-state index is 0.493. The second-order valence-electron chi connectivity index (χ2n) is 4.43. The van der Waals surface area contributed by atoms with Gasteiger partial charge in [0, 0.05) is 5.02 Å². The average molecular weight is 342 g/mol. The molecule has 0 saturated heterocycles. The number of aromatic nitrogens is 1. The van der Waals surface area contributed by atoms with E-state index >= 15 is 0 Å². The summed E-state index contributed by atoms with van der Waals surface area (Å²) in [7, 11) is 0. The summed E-state index contributed by atoms with van der Waals surface area (Å²) in [5.41, 5.74) is 9.27. The van der Waals surface area contributed by atoms with E-state index in [1.165, 1.54) is 0 Å². The molecule has 2 rings (SSSR count). The molecular formula is C14H14BrClN2O. The largest absolute Gasteiger partial charge is 0.438 e. The SMILES string of the molecule is Cc1cc(Oc2ncc(N)c(C)c2Br)cc(C)c1Cl. The molecule has 0 atom stereocenters. The van der Waals surface area contributed by atoms with E-state index in [1.807, 2.05) is 32.9 Å². The molecule has 19 heavy (non-hydrogen) atoms. The Bertz CT molecular complexity index is 621. The molecule has 0 fully saturated rings. The molecule has 1 heterocycles. The molecule has 2 N–H and O–H groups in total. The fourth-order valence-corrected chi connectivity index (χ4v) is 2.24. The highest BCUT2D eigenvalue weighted by Crippen LogP contribution is 2.34. The highest BCUT2D eigenvalue weighted by molar-refractivity contribution is 9.10. The second kappa shape index (κ2) is 5.39. The number of nitrogen functional groups attached to an aromatic ring is 1. The van der Waals surface area contributed by atoms with E-state index in [2.05, 4.69) is 20.9 Å². The first-order valence-electron chi connectivity index (χ1n) is 5.75. The number of aryl methyl sites for hydroxylation is 2. The molecule has 1 aromatic heterocycles. The van der Waals surface area contributed by atoms with Crippen LogP contribution in [0.3, 0.4) is 0 Å². The van der Waals surface area contributed by atoms with Crippen LogP contribution in [0, 0.1) is 20.8 Å². The minimum atomic E-state index is 0.493. The first kappa shape index (κ1) is 14.2. The molecule has 0 spiro atoms. The van der Waals surface area contributed by atoms with Gasteiger partial charge < -0.3 is 10.5 Å². The van der Waals surface area contributed by atoms with E-state index < -0.39 is 0 Å². The summed E-state index contributed by atoms with van der Waals surface area (Å²) in [4.78, 5) is 4.19. The Balaban J connectivity index is 2.39. The van der Waals surface area contributed by atoms with Crippen molar-refractivity contribution < 1.29 is 4.74 Å². The fraction of sp³-hybridized carbons (Fsp3) is 0.214. The molecule has 0 aliphatic carbocycles. The van der Waals surface area contributed by atoms with Gasteiger partial charge >= 0.3 is 0 Å². The van der Waals surface area contributed by atoms with Crippen molar-refractivity contribution in [2.24, 2.45) is 0 Å². The lowest BCUT2D eigenvalue weighted by atomic mass is 10.1. The highest BCUT2D eigenvalue weighted by atomic mass is 79.9. The van der Waals surface area contributed by atoms with Crippen molar-refractivity contribution in [2.75, 3.05) is 5.73 Å². The van der Waals surface area contributed by atoms with Crippen LogP contribution in [-0.4, -0.2) is 4.98 Å². The number of anilines is 1. The predicted molar refractivity (Wildman–Crippen MR) is 82.1 cm³/mol. The molecule has 0 amide bonds. The Hall–Kier alpha value is -1.26. The van der Waals surface area contributed by atoms with Gasteiger partial charge in [0.25, 0.3) is 0 Å². The van der Waals surface area contributed by atoms with Gasteiger partial charge in [0.15, 0.2) is 0 Å². The zero-order valence-corrected chi connectivity index (χ0v) is 13.3. The van der Waals surface area contributed by atoms with Crippen molar-refractivity contribution in [1.29, 1.82) is 0 Å². The molecule has 2 aromatic rings. The molecule has 0 aliphatic heterocycles. The molecule has 100 valence electrons. The zero-order chi connectivity index (χ0) is 14.2. The summed E-state index contributed by atoms with van der Waals surface area (Å²) >= 11 is 9.58. The van der Waals surface area contributed by atoms with Crippen molar-refractivity contribution in [3.63, 3.8) is 0 Å². The highest BCUT2D eigenvalue weighted by Gasteiger charge is 2.11. The van der Waals surface area contributed by atoms with Gasteiger partial charge in [-0.05, 0) is 65.5 Å². The van der Waals surface area contributed by atoms with Crippen LogP contribution in [0.4, 0.5) is 5.69 Å². The lowest BCUT2D eigenvalue weighted by Crippen LogP contribution is -1.97. The Morgan fingerprint density at radius 2 is 1.79 bits per heavy atom. The number of pyridine rings is 1. The van der Waals surface area contributed by atoms with E-state index in [-0.39, 0.29) is 0 Å². The molecule has 3 nitrogen and oxygen atoms in total. The van der Waals surface area contributed by atoms with Crippen LogP contribution >= 0.6 is 27.5 Å². The van der Waals surface area contributed by atoms with E-state index in [1.54, 1.807) is 6.20 Å². The lowest BCUT2D eigenvalue weighted by molar-refractivity contribution is 0.458. The molecule has 0 radical (unpaired) electrons. The number of rotatable bonds is 2. The average Bonchev–Trinajstić information content (AvgIpc) is 2.36. The molecule has 0 unspecified atom stereocenters. The van der Waals surface area contributed by atoms with Crippen molar-refractivity contribution in [1.82, 2.24) is 4.98 Å². The molecule has 5 heteroatoms. The summed E-state index contributed by atoms with van der Waals surface area (Å²) in [6, 6.07) is 3.77. The van der Waals surface area contributed by atoms with Crippen LogP contribution < -0.4 is 10.5 Å². The smallest absolute Gasteiger partial charge is 0.233 e. The van der Waals surface area contributed by atoms with Gasteiger partial charge in [-0.1, -0.05) is 11.6 Å². The summed E-state index contributed by atoms with van der Waals surface area (Å²) in [6.45, 7) is 5.80. The Kier molecular flexibility index (Phi) is 4.02. The number of hydrogen-bond donors (Lipinski definition) is 1. The molecule has 1 aromatic carbocycles. The van der Waals surface area contributed by atoms with Crippen molar-refractivity contribution in [2.45, 2.75) is 20.8 Å². The number of nitrogens with two attached hydrogens (primary N) is 1. The summed E-state index contributed by atoms with van der Waals surface area (Å²) in [5.74, 6) is 1.20. The summed E-state index contributed by atoms with van der Waals surface area (Å²) < 4.78 is 6.55. The zero-order valence-electron chi connectivity index (χ0n) is 10.9. The van der Waals surface area contributed by atoms with Crippen LogP contribution in [0.2, 0.25) is 5.02 Å². The minimum Gasteiger partial charge on any atom is -0.438 e. The van der Waals surface area contributed by atoms with E-state index in [4.69, 9.17) is 22.1 Å². The van der Waals surface area contributed by atoms with Crippen LogP contribution in [0.15, 0.2) is 22.8 Å². The van der Waals surface area contributed by atoms with Crippen LogP contribution in [-0.2, 0) is 0 Å². The molecule has 0 aliphatic rings. The number of ether oxygens (including phenoxy) is 1. The third-order valence-corrected chi connectivity index (χ3v) is 4.43. The van der Waals surface area contributed by atoms with Gasteiger partial charge in [-0.15, -0.1) is 0 Å². The predicted octanol–water partition coefficient (Wildman–Crippen LogP) is 4.80. The third kappa shape index (κ3) is 2.85. The van der Waals surface area contributed by atoms with E-state index in [0.717, 1.165) is 26.2 Å². The maximum absolute atomic E-state index is 6.13. The standard InChI is InChI=1S/C14H14BrClN2O/c1-7-4-10(5-8(2)13(7)16)19-14-12(15)9(3)11(17)6-18-14/h4-6H,17H2,1-3H3. The Morgan fingerprint density at radius 1 is 1.21 bits per heavy atom. The van der Waals surface area contributed by atoms with E-state index in [0.29, 0.717) is 17.3 Å². The van der Waals surface area contributed by atoms with Crippen LogP contribution in [0.5, 0.6) is 11.6 Å². The normalized spacial score (nSPS) is 10.6. The van der Waals surface area contributed by atoms with Gasteiger partial charge in [-0.25, -0.2) is 4.98 Å². The monoisotopic (exact) mass is 340 g/mol. The number of nitrogens with zero attached hydrogens (tertiary/aromatic N) is 1. The van der Waals surface area contributed by atoms with Gasteiger partial charge in [-0.3, -0.25) is 0 Å². The maximum atomic E-state index is 6.13. The number of hydrogen-bond acceptors (Lipinski definition) is 3. The maximum Gasteiger partial charge on any atom is 0.233 e. The van der Waals surface area contributed by atoms with Gasteiger partial charge in [0.2, 0.25) is 5.88 Å². The molecular weight excluding hydrogens is 328 g/mol. The number of benzene rings is 1. The van der Waals surface area contributed by atoms with Crippen LogP contribution in [0.25, 0.3) is 0 Å². The Morgan fingerprint density at radius 3 is 2.37 bits per heavy atom. The first-order chi connectivity index (χ1) is 8.90. The van der Waals surface area contributed by atoms with Gasteiger partial charge in [0.1, 0.15) is 5.75 Å². The Labute approximate surface area is 125 Å². The second-order valence-corrected chi connectivity index (χ2v) is 5.60. The quantitative estimate of drug-likeness (QED) is 0.853. The van der Waals surface area contributed by atoms with Gasteiger partial charge in [-0.2, -0.15) is 0 Å². The summed E-state index contributed by atoms with van der Waals surface area (Å²) in [6.07, 6.45) is 1.59. The van der Waals surface area contributed by atoms with Crippen molar-refractivity contribution in [3.05, 3.63) is 44.5 Å². The van der Waals surface area contributed by atoms with E-state index in [9.17, 15) is 0 Å². The summed E-state index contributed by atoms with van der Waals surface area (Å²) in [5, 5.41) is 0.757. The fourth-order valence-electron chi connectivity index (χ4n) is 1.72. The first-order valence-corrected chi connectivity index (χ1v) is 6.92. The van der Waals surface area contributed by atoms with Crippen molar-refractivity contribution in [3.8, 4) is 11.6 Å². The topological polar surface area (TPSA) is 48.1 Å². The molecule has 0 bridgehead atoms.